The fourth-order valence-electron chi connectivity index (χ4n) is 3.80. The van der Waals surface area contributed by atoms with Crippen LogP contribution in [0.15, 0.2) is 53.7 Å². The fourth-order valence-corrected chi connectivity index (χ4v) is 3.80. The van der Waals surface area contributed by atoms with Crippen molar-refractivity contribution in [2.75, 3.05) is 26.1 Å². The number of aromatic nitrogens is 3. The summed E-state index contributed by atoms with van der Waals surface area (Å²) in [6.07, 6.45) is 2.36. The highest BCUT2D eigenvalue weighted by atomic mass is 19.1. The van der Waals surface area contributed by atoms with Gasteiger partial charge < -0.3 is 14.5 Å². The van der Waals surface area contributed by atoms with Crippen LogP contribution in [-0.4, -0.2) is 47.6 Å². The molecule has 3 N–H and O–H groups in total. The number of halogens is 1. The lowest BCUT2D eigenvalue weighted by molar-refractivity contribution is 0.0976. The quantitative estimate of drug-likeness (QED) is 0.265. The van der Waals surface area contributed by atoms with E-state index in [4.69, 9.17) is 9.47 Å². The van der Waals surface area contributed by atoms with E-state index in [0.29, 0.717) is 36.0 Å². The minimum absolute atomic E-state index is 0.186. The van der Waals surface area contributed by atoms with Gasteiger partial charge in [0.1, 0.15) is 5.82 Å². The molecule has 36 heavy (non-hydrogen) atoms. The number of anilines is 1. The van der Waals surface area contributed by atoms with Crippen LogP contribution in [0.25, 0.3) is 10.9 Å². The van der Waals surface area contributed by atoms with Crippen molar-refractivity contribution in [2.45, 2.75) is 20.3 Å². The molecule has 0 saturated heterocycles. The number of carbonyl (C=O) groups excluding carboxylic acids is 1. The zero-order chi connectivity index (χ0) is 25.7. The van der Waals surface area contributed by atoms with E-state index in [2.05, 4.69) is 30.6 Å². The third-order valence-electron chi connectivity index (χ3n) is 5.47. The summed E-state index contributed by atoms with van der Waals surface area (Å²) in [5, 5.41) is 6.60. The maximum Gasteiger partial charge on any atom is 0.258 e. The van der Waals surface area contributed by atoms with Crippen molar-refractivity contribution in [3.8, 4) is 11.5 Å². The number of hydrogen-bond acceptors (Lipinski definition) is 6. The van der Waals surface area contributed by atoms with Gasteiger partial charge >= 0.3 is 0 Å². The molecule has 0 spiro atoms. The second kappa shape index (κ2) is 10.9. The number of guanidine groups is 1. The molecule has 2 heterocycles. The lowest BCUT2D eigenvalue weighted by atomic mass is 10.1. The number of carbonyl (C=O) groups is 1. The largest absolute Gasteiger partial charge is 0.493 e. The third kappa shape index (κ3) is 5.77. The van der Waals surface area contributed by atoms with E-state index in [-0.39, 0.29) is 11.8 Å². The number of H-pyrrole nitrogens is 1. The van der Waals surface area contributed by atoms with Gasteiger partial charge in [0.15, 0.2) is 11.5 Å². The Balaban J connectivity index is 1.57. The van der Waals surface area contributed by atoms with Crippen LogP contribution < -0.4 is 20.1 Å². The van der Waals surface area contributed by atoms with Crippen LogP contribution >= 0.6 is 0 Å². The smallest absolute Gasteiger partial charge is 0.258 e. The maximum atomic E-state index is 13.7. The number of aryl methyl sites for hydroxylation is 2. The molecule has 0 radical (unpaired) electrons. The number of nitrogens with one attached hydrogen (secondary N) is 3. The van der Waals surface area contributed by atoms with Gasteiger partial charge in [-0.3, -0.25) is 20.4 Å². The minimum Gasteiger partial charge on any atom is -0.493 e. The Morgan fingerprint density at radius 2 is 1.78 bits per heavy atom. The van der Waals surface area contributed by atoms with Gasteiger partial charge in [-0.15, -0.1) is 0 Å². The number of fused-ring (bicyclic) bond motifs is 1. The first-order valence-electron chi connectivity index (χ1n) is 11.3. The van der Waals surface area contributed by atoms with Crippen molar-refractivity contribution in [1.82, 2.24) is 20.3 Å². The molecular formula is C26H27FN6O3. The summed E-state index contributed by atoms with van der Waals surface area (Å²) in [5.74, 6) is 0.739. The summed E-state index contributed by atoms with van der Waals surface area (Å²) < 4.78 is 24.3. The molecule has 9 nitrogen and oxygen atoms in total. The number of hydrogen-bond donors (Lipinski definition) is 3. The first-order chi connectivity index (χ1) is 17.4. The van der Waals surface area contributed by atoms with Crippen LogP contribution in [0.3, 0.4) is 0 Å². The van der Waals surface area contributed by atoms with Crippen LogP contribution in [0.2, 0.25) is 0 Å². The predicted molar refractivity (Wildman–Crippen MR) is 136 cm³/mol. The van der Waals surface area contributed by atoms with Gasteiger partial charge in [-0.2, -0.15) is 0 Å². The molecule has 2 aromatic carbocycles. The highest BCUT2D eigenvalue weighted by Crippen LogP contribution is 2.27. The second-order valence-corrected chi connectivity index (χ2v) is 8.11. The van der Waals surface area contributed by atoms with Gasteiger partial charge in [0.25, 0.3) is 5.91 Å². The number of nitrogens with zero attached hydrogens (tertiary/aromatic N) is 3. The normalized spacial score (nSPS) is 11.4. The van der Waals surface area contributed by atoms with E-state index in [1.54, 1.807) is 24.3 Å². The van der Waals surface area contributed by atoms with Crippen molar-refractivity contribution in [3.05, 3.63) is 77.0 Å². The predicted octanol–water partition coefficient (Wildman–Crippen LogP) is 4.17. The summed E-state index contributed by atoms with van der Waals surface area (Å²) in [5.41, 5.74) is 3.67. The van der Waals surface area contributed by atoms with Crippen LogP contribution in [-0.2, 0) is 6.42 Å². The van der Waals surface area contributed by atoms with E-state index in [1.165, 1.54) is 26.4 Å². The highest BCUT2D eigenvalue weighted by molar-refractivity contribution is 6.09. The van der Waals surface area contributed by atoms with Crippen LogP contribution in [0, 0.1) is 19.7 Å². The average Bonchev–Trinajstić information content (AvgIpc) is 3.24. The molecule has 0 bridgehead atoms. The number of rotatable bonds is 7. The van der Waals surface area contributed by atoms with Crippen molar-refractivity contribution in [1.29, 1.82) is 0 Å². The second-order valence-electron chi connectivity index (χ2n) is 8.11. The molecule has 0 fully saturated rings. The number of amides is 1. The molecule has 0 saturated carbocycles. The number of aliphatic imine (C=N–C) groups is 1. The Morgan fingerprint density at radius 3 is 2.50 bits per heavy atom. The molecule has 0 atom stereocenters. The van der Waals surface area contributed by atoms with E-state index < -0.39 is 5.91 Å². The zero-order valence-corrected chi connectivity index (χ0v) is 20.5. The molecule has 4 aromatic rings. The van der Waals surface area contributed by atoms with Gasteiger partial charge in [0.05, 0.1) is 14.2 Å². The third-order valence-corrected chi connectivity index (χ3v) is 5.47. The van der Waals surface area contributed by atoms with Crippen molar-refractivity contribution in [3.63, 3.8) is 0 Å². The number of benzene rings is 2. The van der Waals surface area contributed by atoms with Crippen LogP contribution in [0.1, 0.15) is 27.3 Å². The van der Waals surface area contributed by atoms with Crippen molar-refractivity contribution >= 4 is 28.7 Å². The van der Waals surface area contributed by atoms with E-state index in [1.807, 2.05) is 26.1 Å². The number of ether oxygens (including phenoxy) is 2. The lowest BCUT2D eigenvalue weighted by Crippen LogP contribution is -2.37. The van der Waals surface area contributed by atoms with Gasteiger partial charge in [0, 0.05) is 40.6 Å². The molecule has 0 unspecified atom stereocenters. The first-order valence-corrected chi connectivity index (χ1v) is 11.3. The van der Waals surface area contributed by atoms with E-state index in [9.17, 15) is 9.18 Å². The molecule has 2 aromatic heterocycles. The van der Waals surface area contributed by atoms with Gasteiger partial charge in [-0.1, -0.05) is 0 Å². The number of aromatic amines is 1. The average molecular weight is 491 g/mol. The maximum absolute atomic E-state index is 13.7. The summed E-state index contributed by atoms with van der Waals surface area (Å²) >= 11 is 0. The van der Waals surface area contributed by atoms with E-state index >= 15 is 0 Å². The van der Waals surface area contributed by atoms with Gasteiger partial charge in [0.2, 0.25) is 11.9 Å². The van der Waals surface area contributed by atoms with Crippen LogP contribution in [0.4, 0.5) is 10.3 Å². The van der Waals surface area contributed by atoms with E-state index in [0.717, 1.165) is 27.9 Å². The summed E-state index contributed by atoms with van der Waals surface area (Å²) in [6.45, 7) is 4.03. The van der Waals surface area contributed by atoms with Gasteiger partial charge in [-0.05, 0) is 68.3 Å². The minimum atomic E-state index is -0.402. The lowest BCUT2D eigenvalue weighted by Gasteiger charge is -2.13. The Kier molecular flexibility index (Phi) is 7.43. The van der Waals surface area contributed by atoms with Crippen LogP contribution in [0.5, 0.6) is 11.5 Å². The summed E-state index contributed by atoms with van der Waals surface area (Å²) in [6, 6.07) is 11.3. The summed E-state index contributed by atoms with van der Waals surface area (Å²) in [4.78, 5) is 29.5. The molecular weight excluding hydrogens is 463 g/mol. The van der Waals surface area contributed by atoms with Gasteiger partial charge in [-0.25, -0.2) is 14.4 Å². The topological polar surface area (TPSA) is 114 Å². The molecule has 0 aliphatic rings. The Hall–Kier alpha value is -4.47. The first kappa shape index (κ1) is 24.6. The molecule has 186 valence electrons. The van der Waals surface area contributed by atoms with Crippen molar-refractivity contribution < 1.29 is 18.7 Å². The standard InChI is InChI=1S/C26H27FN6O3/c1-15-11-16(2)31-26(30-15)33-25(32-24(34)17-5-8-22(35-3)23(12-17)36-4)28-10-9-18-14-29-21-7-6-19(27)13-20(18)21/h5-8,11-14,29H,9-10H2,1-4H3,(H2,28,30,31,32,33,34). The van der Waals surface area contributed by atoms with Crippen molar-refractivity contribution in [2.24, 2.45) is 4.99 Å². The highest BCUT2D eigenvalue weighted by Gasteiger charge is 2.14. The Labute approximate surface area is 207 Å². The molecule has 10 heteroatoms. The molecule has 0 aliphatic carbocycles. The fraction of sp³-hybridized carbons (Fsp3) is 0.231. The Bertz CT molecular complexity index is 1410. The SMILES string of the molecule is COc1ccc(C(=O)NC(=NCCc2c[nH]c3ccc(F)cc23)Nc2nc(C)cc(C)n2)cc1OC. The zero-order valence-electron chi connectivity index (χ0n) is 20.5. The molecule has 0 aliphatic heterocycles. The monoisotopic (exact) mass is 490 g/mol. The molecule has 1 amide bonds. The summed E-state index contributed by atoms with van der Waals surface area (Å²) in [7, 11) is 3.03. The number of methoxy groups -OCH3 is 2. The molecule has 4 rings (SSSR count). The Morgan fingerprint density at radius 1 is 1.03 bits per heavy atom.